The molecule has 1 atom stereocenters. The summed E-state index contributed by atoms with van der Waals surface area (Å²) >= 11 is 0. The van der Waals surface area contributed by atoms with Gasteiger partial charge in [0, 0.05) is 30.4 Å². The fourth-order valence-corrected chi connectivity index (χ4v) is 2.42. The van der Waals surface area contributed by atoms with E-state index in [-0.39, 0.29) is 30.4 Å². The van der Waals surface area contributed by atoms with Crippen molar-refractivity contribution in [1.82, 2.24) is 5.32 Å². The molecule has 122 valence electrons. The maximum absolute atomic E-state index is 11.9. The topological polar surface area (TPSA) is 66.4 Å². The molecule has 0 heterocycles. The summed E-state index contributed by atoms with van der Waals surface area (Å²) in [6.45, 7) is 8.14. The number of rotatable bonds is 8. The Morgan fingerprint density at radius 3 is 2.27 bits per heavy atom. The van der Waals surface area contributed by atoms with Crippen LogP contribution in [0, 0.1) is 11.3 Å². The number of amides is 1. The molecule has 4 heteroatoms. The molecule has 0 aromatic heterocycles. The minimum absolute atomic E-state index is 0.0303. The van der Waals surface area contributed by atoms with Crippen LogP contribution in [0.15, 0.2) is 30.3 Å². The van der Waals surface area contributed by atoms with Crippen molar-refractivity contribution in [3.8, 4) is 0 Å². The lowest BCUT2D eigenvalue weighted by molar-refractivity contribution is -0.122. The standard InChI is InChI=1S/C18H27NO3/c1-13(2)17(22)18(3,4)12-19-16(21)11-10-15(20)14-8-6-5-7-9-14/h5-9,13,17,22H,10-12H2,1-4H3,(H,19,21). The van der Waals surface area contributed by atoms with Crippen molar-refractivity contribution in [2.45, 2.75) is 46.6 Å². The third kappa shape index (κ3) is 5.60. The van der Waals surface area contributed by atoms with Crippen molar-refractivity contribution in [1.29, 1.82) is 0 Å². The Morgan fingerprint density at radius 2 is 1.73 bits per heavy atom. The first-order valence-corrected chi connectivity index (χ1v) is 7.77. The number of ketones is 1. The number of benzene rings is 1. The summed E-state index contributed by atoms with van der Waals surface area (Å²) in [5, 5.41) is 12.9. The van der Waals surface area contributed by atoms with Crippen molar-refractivity contribution in [3.05, 3.63) is 35.9 Å². The molecule has 1 unspecified atom stereocenters. The Balaban J connectivity index is 2.39. The zero-order chi connectivity index (χ0) is 16.8. The van der Waals surface area contributed by atoms with Gasteiger partial charge in [0.05, 0.1) is 6.10 Å². The Kier molecular flexibility index (Phi) is 6.75. The summed E-state index contributed by atoms with van der Waals surface area (Å²) < 4.78 is 0. The molecule has 4 nitrogen and oxygen atoms in total. The minimum Gasteiger partial charge on any atom is -0.392 e. The molecular formula is C18H27NO3. The lowest BCUT2D eigenvalue weighted by atomic mass is 9.80. The van der Waals surface area contributed by atoms with Gasteiger partial charge in [-0.3, -0.25) is 9.59 Å². The van der Waals surface area contributed by atoms with Crippen LogP contribution in [0.2, 0.25) is 0 Å². The fourth-order valence-electron chi connectivity index (χ4n) is 2.42. The van der Waals surface area contributed by atoms with E-state index in [1.54, 1.807) is 12.1 Å². The first-order chi connectivity index (χ1) is 10.2. The van der Waals surface area contributed by atoms with Gasteiger partial charge in [0.15, 0.2) is 5.78 Å². The van der Waals surface area contributed by atoms with Crippen LogP contribution >= 0.6 is 0 Å². The van der Waals surface area contributed by atoms with Gasteiger partial charge in [-0.25, -0.2) is 0 Å². The number of nitrogens with one attached hydrogen (secondary N) is 1. The first-order valence-electron chi connectivity index (χ1n) is 7.77. The van der Waals surface area contributed by atoms with Crippen LogP contribution in [0.5, 0.6) is 0 Å². The van der Waals surface area contributed by atoms with Gasteiger partial charge >= 0.3 is 0 Å². The molecule has 0 spiro atoms. The van der Waals surface area contributed by atoms with Crippen LogP contribution in [0.3, 0.4) is 0 Å². The van der Waals surface area contributed by atoms with Gasteiger partial charge in [-0.15, -0.1) is 0 Å². The van der Waals surface area contributed by atoms with Crippen molar-refractivity contribution < 1.29 is 14.7 Å². The summed E-state index contributed by atoms with van der Waals surface area (Å²) in [5.74, 6) is -0.0582. The maximum Gasteiger partial charge on any atom is 0.220 e. The van der Waals surface area contributed by atoms with E-state index in [0.29, 0.717) is 12.1 Å². The number of Topliss-reactive ketones (excluding diaryl/α,β-unsaturated/α-hetero) is 1. The van der Waals surface area contributed by atoms with Gasteiger partial charge in [-0.1, -0.05) is 58.0 Å². The average Bonchev–Trinajstić information content (AvgIpc) is 2.50. The Hall–Kier alpha value is -1.68. The van der Waals surface area contributed by atoms with Crippen LogP contribution < -0.4 is 5.32 Å². The molecule has 0 aliphatic rings. The van der Waals surface area contributed by atoms with Crippen molar-refractivity contribution in [2.75, 3.05) is 6.54 Å². The van der Waals surface area contributed by atoms with Crippen molar-refractivity contribution >= 4 is 11.7 Å². The summed E-state index contributed by atoms with van der Waals surface area (Å²) in [4.78, 5) is 23.8. The molecule has 0 aliphatic heterocycles. The van der Waals surface area contributed by atoms with Gasteiger partial charge in [0.1, 0.15) is 0 Å². The molecule has 1 amide bonds. The van der Waals surface area contributed by atoms with Crippen molar-refractivity contribution in [2.24, 2.45) is 11.3 Å². The van der Waals surface area contributed by atoms with Gasteiger partial charge in [-0.05, 0) is 5.92 Å². The number of carbonyl (C=O) groups is 2. The van der Waals surface area contributed by atoms with Crippen LogP contribution in [0.4, 0.5) is 0 Å². The lowest BCUT2D eigenvalue weighted by Crippen LogP contribution is -2.43. The third-order valence-corrected chi connectivity index (χ3v) is 3.85. The monoisotopic (exact) mass is 305 g/mol. The molecule has 2 N–H and O–H groups in total. The number of hydrogen-bond donors (Lipinski definition) is 2. The molecule has 0 aliphatic carbocycles. The number of aliphatic hydroxyl groups is 1. The summed E-state index contributed by atoms with van der Waals surface area (Å²) in [5.41, 5.74) is 0.235. The molecule has 1 rings (SSSR count). The highest BCUT2D eigenvalue weighted by Gasteiger charge is 2.30. The predicted octanol–water partition coefficient (Wildman–Crippen LogP) is 2.81. The van der Waals surface area contributed by atoms with Crippen LogP contribution in [0.25, 0.3) is 0 Å². The molecule has 22 heavy (non-hydrogen) atoms. The molecule has 0 saturated heterocycles. The molecular weight excluding hydrogens is 278 g/mol. The minimum atomic E-state index is -0.487. The van der Waals surface area contributed by atoms with Crippen LogP contribution in [-0.2, 0) is 4.79 Å². The van der Waals surface area contributed by atoms with E-state index in [1.807, 2.05) is 45.9 Å². The zero-order valence-corrected chi connectivity index (χ0v) is 13.9. The Labute approximate surface area is 132 Å². The number of aliphatic hydroxyl groups excluding tert-OH is 1. The van der Waals surface area contributed by atoms with Crippen molar-refractivity contribution in [3.63, 3.8) is 0 Å². The molecule has 1 aromatic rings. The molecule has 0 bridgehead atoms. The Morgan fingerprint density at radius 1 is 1.14 bits per heavy atom. The van der Waals surface area contributed by atoms with Gasteiger partial charge in [-0.2, -0.15) is 0 Å². The average molecular weight is 305 g/mol. The van der Waals surface area contributed by atoms with Gasteiger partial charge < -0.3 is 10.4 Å². The fraction of sp³-hybridized carbons (Fsp3) is 0.556. The second-order valence-electron chi connectivity index (χ2n) is 6.74. The first kappa shape index (κ1) is 18.4. The van der Waals surface area contributed by atoms with E-state index < -0.39 is 11.5 Å². The Bertz CT molecular complexity index is 494. The number of hydrogen-bond acceptors (Lipinski definition) is 3. The SMILES string of the molecule is CC(C)C(O)C(C)(C)CNC(=O)CCC(=O)c1ccccc1. The number of carbonyl (C=O) groups excluding carboxylic acids is 2. The molecule has 0 radical (unpaired) electrons. The highest BCUT2D eigenvalue weighted by atomic mass is 16.3. The van der Waals surface area contributed by atoms with Crippen LogP contribution in [-0.4, -0.2) is 29.4 Å². The highest BCUT2D eigenvalue weighted by Crippen LogP contribution is 2.25. The van der Waals surface area contributed by atoms with Crippen LogP contribution in [0.1, 0.15) is 50.9 Å². The van der Waals surface area contributed by atoms with E-state index in [9.17, 15) is 14.7 Å². The lowest BCUT2D eigenvalue weighted by Gasteiger charge is -2.33. The zero-order valence-electron chi connectivity index (χ0n) is 13.9. The quantitative estimate of drug-likeness (QED) is 0.726. The highest BCUT2D eigenvalue weighted by molar-refractivity contribution is 5.97. The van der Waals surface area contributed by atoms with E-state index in [2.05, 4.69) is 5.32 Å². The second-order valence-corrected chi connectivity index (χ2v) is 6.74. The van der Waals surface area contributed by atoms with E-state index >= 15 is 0 Å². The normalized spacial score (nSPS) is 13.0. The van der Waals surface area contributed by atoms with E-state index in [1.165, 1.54) is 0 Å². The maximum atomic E-state index is 11.9. The predicted molar refractivity (Wildman–Crippen MR) is 87.6 cm³/mol. The van der Waals surface area contributed by atoms with E-state index in [0.717, 1.165) is 0 Å². The molecule has 1 aromatic carbocycles. The third-order valence-electron chi connectivity index (χ3n) is 3.85. The molecule has 0 fully saturated rings. The second kappa shape index (κ2) is 8.08. The smallest absolute Gasteiger partial charge is 0.220 e. The molecule has 0 saturated carbocycles. The van der Waals surface area contributed by atoms with Gasteiger partial charge in [0.2, 0.25) is 5.91 Å². The summed E-state index contributed by atoms with van der Waals surface area (Å²) in [6, 6.07) is 8.97. The largest absolute Gasteiger partial charge is 0.392 e. The van der Waals surface area contributed by atoms with E-state index in [4.69, 9.17) is 0 Å². The summed E-state index contributed by atoms with van der Waals surface area (Å²) in [7, 11) is 0. The summed E-state index contributed by atoms with van der Waals surface area (Å²) in [6.07, 6.45) is -0.122. The van der Waals surface area contributed by atoms with Gasteiger partial charge in [0.25, 0.3) is 0 Å².